The maximum absolute atomic E-state index is 4.54. The van der Waals surface area contributed by atoms with Crippen molar-refractivity contribution < 1.29 is 0 Å². The van der Waals surface area contributed by atoms with Crippen molar-refractivity contribution >= 4 is 16.6 Å². The molecule has 1 unspecified atom stereocenters. The minimum Gasteiger partial charge on any atom is -0.376 e. The molecule has 21 heavy (non-hydrogen) atoms. The Morgan fingerprint density at radius 3 is 2.86 bits per heavy atom. The Morgan fingerprint density at radius 2 is 1.86 bits per heavy atom. The highest BCUT2D eigenvalue weighted by atomic mass is 14.9. The third-order valence-corrected chi connectivity index (χ3v) is 4.33. The SMILES string of the molecule is c1ccc2c(c1)CCCC2Nc1cccc2cccnc12. The maximum Gasteiger partial charge on any atom is 0.0933 e. The van der Waals surface area contributed by atoms with E-state index in [2.05, 4.69) is 58.8 Å². The van der Waals surface area contributed by atoms with Crippen LogP contribution in [0, 0.1) is 0 Å². The molecule has 1 aromatic heterocycles. The summed E-state index contributed by atoms with van der Waals surface area (Å²) in [7, 11) is 0. The molecule has 2 nitrogen and oxygen atoms in total. The Labute approximate surface area is 124 Å². The van der Waals surface area contributed by atoms with Crippen molar-refractivity contribution in [3.05, 3.63) is 71.9 Å². The first-order chi connectivity index (χ1) is 10.4. The highest BCUT2D eigenvalue weighted by molar-refractivity contribution is 5.90. The Hall–Kier alpha value is -2.35. The zero-order valence-corrected chi connectivity index (χ0v) is 11.9. The first-order valence-electron chi connectivity index (χ1n) is 7.60. The molecule has 0 saturated heterocycles. The second kappa shape index (κ2) is 5.21. The molecular weight excluding hydrogens is 256 g/mol. The third kappa shape index (κ3) is 2.27. The van der Waals surface area contributed by atoms with Crippen molar-refractivity contribution in [3.8, 4) is 0 Å². The molecule has 0 saturated carbocycles. The standard InChI is InChI=1S/C19H18N2/c1-2-10-16-14(6-1)7-3-11-17(16)21-18-12-4-8-15-9-5-13-20-19(15)18/h1-2,4-6,8-10,12-13,17,21H,3,7,11H2. The number of rotatable bonds is 2. The van der Waals surface area contributed by atoms with E-state index in [1.165, 1.54) is 35.8 Å². The monoisotopic (exact) mass is 274 g/mol. The number of benzene rings is 2. The first-order valence-corrected chi connectivity index (χ1v) is 7.60. The van der Waals surface area contributed by atoms with Gasteiger partial charge in [-0.15, -0.1) is 0 Å². The lowest BCUT2D eigenvalue weighted by atomic mass is 9.87. The number of aryl methyl sites for hydroxylation is 1. The van der Waals surface area contributed by atoms with Gasteiger partial charge in [0, 0.05) is 11.6 Å². The Bertz CT molecular complexity index is 774. The van der Waals surface area contributed by atoms with Crippen molar-refractivity contribution in [3.63, 3.8) is 0 Å². The molecule has 104 valence electrons. The second-order valence-electron chi connectivity index (χ2n) is 5.67. The molecule has 0 fully saturated rings. The van der Waals surface area contributed by atoms with E-state index in [9.17, 15) is 0 Å². The molecule has 1 aliphatic rings. The molecule has 1 heterocycles. The average Bonchev–Trinajstić information content (AvgIpc) is 2.56. The summed E-state index contributed by atoms with van der Waals surface area (Å²) in [6.07, 6.45) is 5.48. The second-order valence-corrected chi connectivity index (χ2v) is 5.67. The van der Waals surface area contributed by atoms with Gasteiger partial charge in [-0.1, -0.05) is 42.5 Å². The topological polar surface area (TPSA) is 24.9 Å². The van der Waals surface area contributed by atoms with E-state index in [-0.39, 0.29) is 0 Å². The van der Waals surface area contributed by atoms with Crippen LogP contribution < -0.4 is 5.32 Å². The summed E-state index contributed by atoms with van der Waals surface area (Å²) in [5.74, 6) is 0. The van der Waals surface area contributed by atoms with Crippen LogP contribution in [0.3, 0.4) is 0 Å². The fourth-order valence-corrected chi connectivity index (χ4v) is 3.31. The molecule has 3 aromatic rings. The lowest BCUT2D eigenvalue weighted by molar-refractivity contribution is 0.601. The maximum atomic E-state index is 4.54. The van der Waals surface area contributed by atoms with Crippen LogP contribution in [0.5, 0.6) is 0 Å². The summed E-state index contributed by atoms with van der Waals surface area (Å²) in [5.41, 5.74) is 5.11. The van der Waals surface area contributed by atoms with Crippen LogP contribution in [0.25, 0.3) is 10.9 Å². The number of anilines is 1. The molecule has 0 aliphatic heterocycles. The molecule has 1 aliphatic carbocycles. The van der Waals surface area contributed by atoms with E-state index in [0.29, 0.717) is 6.04 Å². The van der Waals surface area contributed by atoms with Gasteiger partial charge in [-0.25, -0.2) is 0 Å². The van der Waals surface area contributed by atoms with E-state index in [1.807, 2.05) is 12.3 Å². The number of aromatic nitrogens is 1. The Balaban J connectivity index is 1.73. The van der Waals surface area contributed by atoms with E-state index >= 15 is 0 Å². The number of hydrogen-bond donors (Lipinski definition) is 1. The molecular formula is C19H18N2. The van der Waals surface area contributed by atoms with Gasteiger partial charge < -0.3 is 5.32 Å². The largest absolute Gasteiger partial charge is 0.376 e. The van der Waals surface area contributed by atoms with Gasteiger partial charge in [0.05, 0.1) is 17.2 Å². The number of fused-ring (bicyclic) bond motifs is 2. The van der Waals surface area contributed by atoms with Crippen molar-refractivity contribution in [1.82, 2.24) is 4.98 Å². The molecule has 0 spiro atoms. The van der Waals surface area contributed by atoms with E-state index in [1.54, 1.807) is 0 Å². The molecule has 0 bridgehead atoms. The molecule has 1 N–H and O–H groups in total. The fraction of sp³-hybridized carbons (Fsp3) is 0.211. The third-order valence-electron chi connectivity index (χ3n) is 4.33. The zero-order chi connectivity index (χ0) is 14.1. The van der Waals surface area contributed by atoms with Crippen molar-refractivity contribution in [1.29, 1.82) is 0 Å². The first kappa shape index (κ1) is 12.4. The van der Waals surface area contributed by atoms with Gasteiger partial charge in [0.1, 0.15) is 0 Å². The summed E-state index contributed by atoms with van der Waals surface area (Å²) in [4.78, 5) is 4.54. The molecule has 2 heteroatoms. The van der Waals surface area contributed by atoms with Gasteiger partial charge in [-0.05, 0) is 42.5 Å². The van der Waals surface area contributed by atoms with Crippen molar-refractivity contribution in [2.45, 2.75) is 25.3 Å². The van der Waals surface area contributed by atoms with Crippen molar-refractivity contribution in [2.75, 3.05) is 5.32 Å². The Kier molecular flexibility index (Phi) is 3.07. The van der Waals surface area contributed by atoms with Gasteiger partial charge in [0.15, 0.2) is 0 Å². The van der Waals surface area contributed by atoms with Crippen LogP contribution in [0.1, 0.15) is 30.0 Å². The van der Waals surface area contributed by atoms with Crippen molar-refractivity contribution in [2.24, 2.45) is 0 Å². The highest BCUT2D eigenvalue weighted by Gasteiger charge is 2.20. The minimum absolute atomic E-state index is 0.391. The predicted molar refractivity (Wildman–Crippen MR) is 87.5 cm³/mol. The molecule has 0 amide bonds. The van der Waals surface area contributed by atoms with Crippen LogP contribution in [0.2, 0.25) is 0 Å². The summed E-state index contributed by atoms with van der Waals surface area (Å²) >= 11 is 0. The van der Waals surface area contributed by atoms with Gasteiger partial charge in [0.2, 0.25) is 0 Å². The number of hydrogen-bond acceptors (Lipinski definition) is 2. The number of nitrogens with one attached hydrogen (secondary N) is 1. The summed E-state index contributed by atoms with van der Waals surface area (Å²) < 4.78 is 0. The van der Waals surface area contributed by atoms with Gasteiger partial charge in [-0.3, -0.25) is 4.98 Å². The average molecular weight is 274 g/mol. The van der Waals surface area contributed by atoms with E-state index in [0.717, 1.165) is 11.2 Å². The zero-order valence-electron chi connectivity index (χ0n) is 11.9. The lowest BCUT2D eigenvalue weighted by Gasteiger charge is -2.27. The van der Waals surface area contributed by atoms with Crippen LogP contribution in [0.15, 0.2) is 60.8 Å². The molecule has 1 atom stereocenters. The van der Waals surface area contributed by atoms with Gasteiger partial charge >= 0.3 is 0 Å². The minimum atomic E-state index is 0.391. The van der Waals surface area contributed by atoms with Crippen LogP contribution >= 0.6 is 0 Å². The summed E-state index contributed by atoms with van der Waals surface area (Å²) in [6, 6.07) is 19.6. The van der Waals surface area contributed by atoms with Crippen LogP contribution in [-0.2, 0) is 6.42 Å². The normalized spacial score (nSPS) is 17.4. The van der Waals surface area contributed by atoms with Gasteiger partial charge in [0.25, 0.3) is 0 Å². The Morgan fingerprint density at radius 1 is 0.952 bits per heavy atom. The lowest BCUT2D eigenvalue weighted by Crippen LogP contribution is -2.17. The van der Waals surface area contributed by atoms with Gasteiger partial charge in [-0.2, -0.15) is 0 Å². The predicted octanol–water partition coefficient (Wildman–Crippen LogP) is 4.72. The quantitative estimate of drug-likeness (QED) is 0.731. The van der Waals surface area contributed by atoms with Crippen LogP contribution in [0.4, 0.5) is 5.69 Å². The summed E-state index contributed by atoms with van der Waals surface area (Å²) in [6.45, 7) is 0. The summed E-state index contributed by atoms with van der Waals surface area (Å²) in [5, 5.41) is 4.90. The highest BCUT2D eigenvalue weighted by Crippen LogP contribution is 2.33. The van der Waals surface area contributed by atoms with E-state index in [4.69, 9.17) is 0 Å². The molecule has 4 rings (SSSR count). The van der Waals surface area contributed by atoms with E-state index < -0.39 is 0 Å². The number of nitrogens with zero attached hydrogens (tertiary/aromatic N) is 1. The molecule has 0 radical (unpaired) electrons. The molecule has 2 aromatic carbocycles. The van der Waals surface area contributed by atoms with Crippen LogP contribution in [-0.4, -0.2) is 4.98 Å². The number of para-hydroxylation sites is 1. The number of pyridine rings is 1. The fourth-order valence-electron chi connectivity index (χ4n) is 3.31. The smallest absolute Gasteiger partial charge is 0.0933 e.